The average Bonchev–Trinajstić information content (AvgIpc) is 2.81. The molecular weight excluding hydrogens is 408 g/mol. The van der Waals surface area contributed by atoms with Gasteiger partial charge in [0.1, 0.15) is 11.5 Å². The zero-order valence-corrected chi connectivity index (χ0v) is 19.1. The van der Waals surface area contributed by atoms with Crippen LogP contribution in [0.15, 0.2) is 72.8 Å². The molecule has 0 aliphatic rings. The van der Waals surface area contributed by atoms with E-state index in [4.69, 9.17) is 27.7 Å². The summed E-state index contributed by atoms with van der Waals surface area (Å²) in [6, 6.07) is 23.4. The van der Waals surface area contributed by atoms with Gasteiger partial charge in [-0.25, -0.2) is 0 Å². The summed E-state index contributed by atoms with van der Waals surface area (Å²) in [4.78, 5) is 0. The van der Waals surface area contributed by atoms with E-state index >= 15 is 0 Å². The van der Waals surface area contributed by atoms with E-state index in [0.717, 1.165) is 57.7 Å². The molecule has 168 valence electrons. The van der Waals surface area contributed by atoms with Crippen molar-refractivity contribution >= 4 is 22.7 Å². The van der Waals surface area contributed by atoms with Crippen LogP contribution in [-0.4, -0.2) is 0 Å². The lowest BCUT2D eigenvalue weighted by molar-refractivity contribution is 0.475. The molecule has 0 unspecified atom stereocenters. The van der Waals surface area contributed by atoms with E-state index in [-0.39, 0.29) is 0 Å². The first-order chi connectivity index (χ1) is 15.9. The van der Waals surface area contributed by atoms with Crippen molar-refractivity contribution in [1.29, 1.82) is 0 Å². The number of rotatable bonds is 6. The molecule has 4 aromatic carbocycles. The molecule has 0 amide bonds. The summed E-state index contributed by atoms with van der Waals surface area (Å²) in [7, 11) is 0. The lowest BCUT2D eigenvalue weighted by Crippen LogP contribution is -2.03. The summed E-state index contributed by atoms with van der Waals surface area (Å²) in [5.74, 6) is 1.47. The Kier molecular flexibility index (Phi) is 6.13. The Hall–Kier alpha value is -4.12. The molecule has 8 N–H and O–H groups in total. The van der Waals surface area contributed by atoms with Gasteiger partial charge in [-0.05, 0) is 72.5 Å². The first kappa shape index (κ1) is 22.1. The number of nitrogen functional groups attached to an aromatic ring is 4. The first-order valence-electron chi connectivity index (χ1n) is 11.1. The molecule has 0 bridgehead atoms. The number of hydrogen-bond donors (Lipinski definition) is 4. The SMILES string of the molecule is CCc1c(N)ccc(-c2ccc(N)cc2)c1Oc1c(-c2ccc(N)cc2)ccc(N)c1CC. The van der Waals surface area contributed by atoms with Crippen molar-refractivity contribution in [1.82, 2.24) is 0 Å². The van der Waals surface area contributed by atoms with Crippen LogP contribution < -0.4 is 27.7 Å². The Balaban J connectivity index is 1.95. The molecule has 4 aromatic rings. The van der Waals surface area contributed by atoms with Gasteiger partial charge in [0.05, 0.1) is 0 Å². The van der Waals surface area contributed by atoms with Crippen molar-refractivity contribution in [2.75, 3.05) is 22.9 Å². The molecule has 0 aliphatic carbocycles. The smallest absolute Gasteiger partial charge is 0.140 e. The molecule has 0 spiro atoms. The van der Waals surface area contributed by atoms with Gasteiger partial charge in [0.25, 0.3) is 0 Å². The second kappa shape index (κ2) is 9.17. The number of nitrogens with two attached hydrogens (primary N) is 4. The topological polar surface area (TPSA) is 113 Å². The highest BCUT2D eigenvalue weighted by atomic mass is 16.5. The standard InChI is InChI=1S/C28H30N4O/c1-3-21-25(31)15-13-23(17-5-9-19(29)10-6-17)27(21)33-28-22(4-2)26(32)16-14-24(28)18-7-11-20(30)12-8-18/h5-16H,3-4,29-32H2,1-2H3. The van der Waals surface area contributed by atoms with Gasteiger partial charge in [-0.2, -0.15) is 0 Å². The summed E-state index contributed by atoms with van der Waals surface area (Å²) < 4.78 is 6.79. The molecule has 0 fully saturated rings. The molecule has 33 heavy (non-hydrogen) atoms. The second-order valence-electron chi connectivity index (χ2n) is 8.07. The van der Waals surface area contributed by atoms with Crippen LogP contribution in [0.5, 0.6) is 11.5 Å². The molecule has 0 saturated heterocycles. The molecule has 0 radical (unpaired) electrons. The Morgan fingerprint density at radius 3 is 1.21 bits per heavy atom. The van der Waals surface area contributed by atoms with Gasteiger partial charge in [0, 0.05) is 45.0 Å². The van der Waals surface area contributed by atoms with Crippen LogP contribution in [0, 0.1) is 0 Å². The highest BCUT2D eigenvalue weighted by molar-refractivity contribution is 5.81. The molecule has 5 nitrogen and oxygen atoms in total. The zero-order chi connectivity index (χ0) is 23.5. The summed E-state index contributed by atoms with van der Waals surface area (Å²) in [6.45, 7) is 4.15. The van der Waals surface area contributed by atoms with Crippen LogP contribution in [0.1, 0.15) is 25.0 Å². The molecule has 0 saturated carbocycles. The molecule has 4 rings (SSSR count). The summed E-state index contributed by atoms with van der Waals surface area (Å²) >= 11 is 0. The number of hydrogen-bond acceptors (Lipinski definition) is 5. The maximum absolute atomic E-state index is 6.79. The Morgan fingerprint density at radius 1 is 0.515 bits per heavy atom. The lowest BCUT2D eigenvalue weighted by Gasteiger charge is -2.22. The van der Waals surface area contributed by atoms with Crippen molar-refractivity contribution in [3.05, 3.63) is 83.9 Å². The van der Waals surface area contributed by atoms with Crippen LogP contribution in [0.3, 0.4) is 0 Å². The average molecular weight is 439 g/mol. The minimum Gasteiger partial charge on any atom is -0.455 e. The summed E-state index contributed by atoms with van der Waals surface area (Å²) in [5, 5.41) is 0. The fraction of sp³-hybridized carbons (Fsp3) is 0.143. The van der Waals surface area contributed by atoms with E-state index in [9.17, 15) is 0 Å². The van der Waals surface area contributed by atoms with Crippen molar-refractivity contribution in [3.63, 3.8) is 0 Å². The quantitative estimate of drug-likeness (QED) is 0.265. The van der Waals surface area contributed by atoms with Gasteiger partial charge in [0.2, 0.25) is 0 Å². The van der Waals surface area contributed by atoms with E-state index < -0.39 is 0 Å². The third-order valence-electron chi connectivity index (χ3n) is 5.95. The summed E-state index contributed by atoms with van der Waals surface area (Å²) in [5.41, 5.74) is 33.3. The Morgan fingerprint density at radius 2 is 0.879 bits per heavy atom. The molecule has 0 atom stereocenters. The predicted molar refractivity (Wildman–Crippen MR) is 140 cm³/mol. The van der Waals surface area contributed by atoms with Crippen molar-refractivity contribution in [2.45, 2.75) is 26.7 Å². The number of ether oxygens (including phenoxy) is 1. The fourth-order valence-corrected chi connectivity index (χ4v) is 4.13. The second-order valence-corrected chi connectivity index (χ2v) is 8.07. The largest absolute Gasteiger partial charge is 0.455 e. The van der Waals surface area contributed by atoms with Crippen LogP contribution in [0.2, 0.25) is 0 Å². The molecule has 0 aromatic heterocycles. The fourth-order valence-electron chi connectivity index (χ4n) is 4.13. The Labute approximate surface area is 195 Å². The molecule has 5 heteroatoms. The summed E-state index contributed by atoms with van der Waals surface area (Å²) in [6.07, 6.45) is 1.45. The first-order valence-corrected chi connectivity index (χ1v) is 11.1. The van der Waals surface area contributed by atoms with Crippen molar-refractivity contribution < 1.29 is 4.74 Å². The van der Waals surface area contributed by atoms with E-state index in [1.807, 2.05) is 72.8 Å². The van der Waals surface area contributed by atoms with Crippen molar-refractivity contribution in [3.8, 4) is 33.8 Å². The maximum Gasteiger partial charge on any atom is 0.140 e. The van der Waals surface area contributed by atoms with E-state index in [1.54, 1.807) is 0 Å². The van der Waals surface area contributed by atoms with Gasteiger partial charge in [0.15, 0.2) is 0 Å². The lowest BCUT2D eigenvalue weighted by atomic mass is 9.96. The van der Waals surface area contributed by atoms with E-state index in [2.05, 4.69) is 13.8 Å². The van der Waals surface area contributed by atoms with Crippen molar-refractivity contribution in [2.24, 2.45) is 0 Å². The number of benzene rings is 4. The van der Waals surface area contributed by atoms with E-state index in [0.29, 0.717) is 22.7 Å². The predicted octanol–water partition coefficient (Wildman–Crippen LogP) is 6.27. The normalized spacial score (nSPS) is 10.8. The van der Waals surface area contributed by atoms with Gasteiger partial charge in [-0.1, -0.05) is 38.1 Å². The molecule has 0 heterocycles. The number of anilines is 4. The molecular formula is C28H30N4O. The third-order valence-corrected chi connectivity index (χ3v) is 5.95. The zero-order valence-electron chi connectivity index (χ0n) is 19.1. The van der Waals surface area contributed by atoms with E-state index in [1.165, 1.54) is 0 Å². The van der Waals surface area contributed by atoms with Gasteiger partial charge < -0.3 is 27.7 Å². The van der Waals surface area contributed by atoms with Crippen LogP contribution in [0.4, 0.5) is 22.7 Å². The minimum atomic E-state index is 0.697. The minimum absolute atomic E-state index is 0.697. The molecule has 0 aliphatic heterocycles. The van der Waals surface area contributed by atoms with Crippen LogP contribution >= 0.6 is 0 Å². The van der Waals surface area contributed by atoms with Crippen LogP contribution in [0.25, 0.3) is 22.3 Å². The van der Waals surface area contributed by atoms with Gasteiger partial charge >= 0.3 is 0 Å². The highest BCUT2D eigenvalue weighted by Gasteiger charge is 2.20. The van der Waals surface area contributed by atoms with Crippen LogP contribution in [-0.2, 0) is 12.8 Å². The Bertz CT molecular complexity index is 1180. The third kappa shape index (κ3) is 4.30. The highest BCUT2D eigenvalue weighted by Crippen LogP contribution is 2.45. The monoisotopic (exact) mass is 438 g/mol. The van der Waals surface area contributed by atoms with Gasteiger partial charge in [-0.3, -0.25) is 0 Å². The van der Waals surface area contributed by atoms with Gasteiger partial charge in [-0.15, -0.1) is 0 Å². The maximum atomic E-state index is 6.79.